The van der Waals surface area contributed by atoms with Crippen molar-refractivity contribution in [3.8, 4) is 5.75 Å². The lowest BCUT2D eigenvalue weighted by atomic mass is 10.1. The molecule has 0 heterocycles. The molecule has 0 saturated carbocycles. The number of hydrogen-bond donors (Lipinski definition) is 1. The number of hydrogen-bond acceptors (Lipinski definition) is 3. The van der Waals surface area contributed by atoms with E-state index < -0.39 is 6.04 Å². The molecule has 0 saturated heterocycles. The Morgan fingerprint density at radius 3 is 2.50 bits per heavy atom. The SMILES string of the molecule is CCNC(=O)C(C)N(Cc1ccc(F)cc1)C(=O)COc1ccc(Cl)c(C)c1. The molecule has 1 N–H and O–H groups in total. The highest BCUT2D eigenvalue weighted by Gasteiger charge is 2.26. The highest BCUT2D eigenvalue weighted by molar-refractivity contribution is 6.31. The molecule has 0 radical (unpaired) electrons. The van der Waals surface area contributed by atoms with Crippen LogP contribution in [0.15, 0.2) is 42.5 Å². The second-order valence-electron chi connectivity index (χ2n) is 6.42. The Morgan fingerprint density at radius 1 is 1.21 bits per heavy atom. The van der Waals surface area contributed by atoms with E-state index in [-0.39, 0.29) is 30.8 Å². The van der Waals surface area contributed by atoms with Gasteiger partial charge in [0, 0.05) is 18.1 Å². The van der Waals surface area contributed by atoms with Crippen LogP contribution in [0.1, 0.15) is 25.0 Å². The molecule has 0 aromatic heterocycles. The summed E-state index contributed by atoms with van der Waals surface area (Å²) in [5, 5.41) is 3.33. The first-order chi connectivity index (χ1) is 13.3. The number of amides is 2. The van der Waals surface area contributed by atoms with E-state index in [1.165, 1.54) is 17.0 Å². The molecule has 0 aliphatic carbocycles. The summed E-state index contributed by atoms with van der Waals surface area (Å²) in [6.07, 6.45) is 0. The van der Waals surface area contributed by atoms with Crippen LogP contribution in [0.4, 0.5) is 4.39 Å². The normalized spacial score (nSPS) is 11.6. The fourth-order valence-corrected chi connectivity index (χ4v) is 2.74. The third-order valence-electron chi connectivity index (χ3n) is 4.28. The van der Waals surface area contributed by atoms with Crippen molar-refractivity contribution in [2.45, 2.75) is 33.4 Å². The van der Waals surface area contributed by atoms with Gasteiger partial charge in [-0.3, -0.25) is 9.59 Å². The highest BCUT2D eigenvalue weighted by atomic mass is 35.5. The van der Waals surface area contributed by atoms with Gasteiger partial charge in [0.25, 0.3) is 5.91 Å². The van der Waals surface area contributed by atoms with Crippen LogP contribution in [0, 0.1) is 12.7 Å². The molecule has 0 bridgehead atoms. The molecular weight excluding hydrogens is 383 g/mol. The Bertz CT molecular complexity index is 827. The minimum absolute atomic E-state index is 0.167. The molecule has 0 spiro atoms. The number of ether oxygens (including phenoxy) is 1. The van der Waals surface area contributed by atoms with Crippen LogP contribution < -0.4 is 10.1 Å². The Kier molecular flexibility index (Phi) is 7.81. The van der Waals surface area contributed by atoms with Crippen LogP contribution in [0.5, 0.6) is 5.75 Å². The van der Waals surface area contributed by atoms with E-state index in [0.29, 0.717) is 22.9 Å². The lowest BCUT2D eigenvalue weighted by molar-refractivity contribution is -0.142. The van der Waals surface area contributed by atoms with Crippen LogP contribution in [-0.2, 0) is 16.1 Å². The molecule has 2 aromatic carbocycles. The highest BCUT2D eigenvalue weighted by Crippen LogP contribution is 2.21. The van der Waals surface area contributed by atoms with Crippen molar-refractivity contribution in [1.82, 2.24) is 10.2 Å². The van der Waals surface area contributed by atoms with Crippen molar-refractivity contribution >= 4 is 23.4 Å². The summed E-state index contributed by atoms with van der Waals surface area (Å²) in [4.78, 5) is 26.5. The van der Waals surface area contributed by atoms with Crippen molar-refractivity contribution in [1.29, 1.82) is 0 Å². The van der Waals surface area contributed by atoms with Crippen molar-refractivity contribution in [2.75, 3.05) is 13.2 Å². The summed E-state index contributed by atoms with van der Waals surface area (Å²) in [5.41, 5.74) is 1.55. The molecule has 0 aliphatic heterocycles. The van der Waals surface area contributed by atoms with Crippen molar-refractivity contribution in [3.63, 3.8) is 0 Å². The van der Waals surface area contributed by atoms with E-state index in [1.807, 2.05) is 13.8 Å². The van der Waals surface area contributed by atoms with Crippen LogP contribution >= 0.6 is 11.6 Å². The number of likely N-dealkylation sites (N-methyl/N-ethyl adjacent to an activating group) is 1. The van der Waals surface area contributed by atoms with E-state index in [1.54, 1.807) is 37.3 Å². The van der Waals surface area contributed by atoms with E-state index in [2.05, 4.69) is 5.32 Å². The monoisotopic (exact) mass is 406 g/mol. The molecule has 5 nitrogen and oxygen atoms in total. The lowest BCUT2D eigenvalue weighted by Gasteiger charge is -2.28. The Labute approximate surface area is 169 Å². The van der Waals surface area contributed by atoms with Gasteiger partial charge in [0.2, 0.25) is 5.91 Å². The first-order valence-corrected chi connectivity index (χ1v) is 9.40. The van der Waals surface area contributed by atoms with E-state index in [0.717, 1.165) is 5.56 Å². The minimum Gasteiger partial charge on any atom is -0.484 e. The molecular formula is C21H24ClFN2O3. The maximum absolute atomic E-state index is 13.2. The second kappa shape index (κ2) is 10.1. The summed E-state index contributed by atoms with van der Waals surface area (Å²) in [6.45, 7) is 5.70. The molecule has 28 heavy (non-hydrogen) atoms. The van der Waals surface area contributed by atoms with Crippen molar-refractivity contribution in [3.05, 3.63) is 64.4 Å². The van der Waals surface area contributed by atoms with Crippen LogP contribution in [0.25, 0.3) is 0 Å². The van der Waals surface area contributed by atoms with E-state index in [9.17, 15) is 14.0 Å². The molecule has 2 amide bonds. The Balaban J connectivity index is 2.13. The zero-order chi connectivity index (χ0) is 20.7. The third kappa shape index (κ3) is 5.96. The predicted octanol–water partition coefficient (Wildman–Crippen LogP) is 3.72. The molecule has 0 aliphatic rings. The Morgan fingerprint density at radius 2 is 1.89 bits per heavy atom. The summed E-state index contributed by atoms with van der Waals surface area (Å²) in [7, 11) is 0. The minimum atomic E-state index is -0.701. The number of nitrogens with one attached hydrogen (secondary N) is 1. The summed E-state index contributed by atoms with van der Waals surface area (Å²) >= 11 is 6.00. The first kappa shape index (κ1) is 21.7. The van der Waals surface area contributed by atoms with Crippen molar-refractivity contribution in [2.24, 2.45) is 0 Å². The molecule has 0 fully saturated rings. The standard InChI is InChI=1S/C21H24ClFN2O3/c1-4-24-21(27)15(3)25(12-16-5-7-17(23)8-6-16)20(26)13-28-18-9-10-19(22)14(2)11-18/h5-11,15H,4,12-13H2,1-3H3,(H,24,27). The van der Waals surface area contributed by atoms with E-state index in [4.69, 9.17) is 16.3 Å². The quantitative estimate of drug-likeness (QED) is 0.726. The zero-order valence-corrected chi connectivity index (χ0v) is 16.9. The average Bonchev–Trinajstić information content (AvgIpc) is 2.68. The van der Waals surface area contributed by atoms with Crippen LogP contribution in [0.3, 0.4) is 0 Å². The van der Waals surface area contributed by atoms with Gasteiger partial charge in [0.1, 0.15) is 17.6 Å². The van der Waals surface area contributed by atoms with Crippen molar-refractivity contribution < 1.29 is 18.7 Å². The van der Waals surface area contributed by atoms with Crippen LogP contribution in [-0.4, -0.2) is 35.9 Å². The van der Waals surface area contributed by atoms with Crippen LogP contribution in [0.2, 0.25) is 5.02 Å². The van der Waals surface area contributed by atoms with Gasteiger partial charge in [-0.2, -0.15) is 0 Å². The fourth-order valence-electron chi connectivity index (χ4n) is 2.63. The zero-order valence-electron chi connectivity index (χ0n) is 16.2. The van der Waals surface area contributed by atoms with Gasteiger partial charge in [-0.1, -0.05) is 23.7 Å². The molecule has 1 unspecified atom stereocenters. The fraction of sp³-hybridized carbons (Fsp3) is 0.333. The average molecular weight is 407 g/mol. The van der Waals surface area contributed by atoms with E-state index >= 15 is 0 Å². The number of halogens is 2. The molecule has 1 atom stereocenters. The number of benzene rings is 2. The molecule has 150 valence electrons. The number of aryl methyl sites for hydroxylation is 1. The lowest BCUT2D eigenvalue weighted by Crippen LogP contribution is -2.49. The van der Waals surface area contributed by atoms with Gasteiger partial charge in [-0.05, 0) is 62.2 Å². The Hall–Kier alpha value is -2.60. The van der Waals surface area contributed by atoms with Gasteiger partial charge in [0.05, 0.1) is 0 Å². The number of nitrogens with zero attached hydrogens (tertiary/aromatic N) is 1. The summed E-state index contributed by atoms with van der Waals surface area (Å²) < 4.78 is 18.8. The maximum Gasteiger partial charge on any atom is 0.261 e. The van der Waals surface area contributed by atoms with Gasteiger partial charge in [-0.25, -0.2) is 4.39 Å². The predicted molar refractivity (Wildman–Crippen MR) is 107 cm³/mol. The largest absolute Gasteiger partial charge is 0.484 e. The number of carbonyl (C=O) groups excluding carboxylic acids is 2. The third-order valence-corrected chi connectivity index (χ3v) is 4.70. The van der Waals surface area contributed by atoms with Gasteiger partial charge >= 0.3 is 0 Å². The van der Waals surface area contributed by atoms with Gasteiger partial charge in [-0.15, -0.1) is 0 Å². The first-order valence-electron chi connectivity index (χ1n) is 9.02. The molecule has 2 rings (SSSR count). The number of rotatable bonds is 8. The second-order valence-corrected chi connectivity index (χ2v) is 6.83. The molecule has 2 aromatic rings. The van der Waals surface area contributed by atoms with Gasteiger partial charge < -0.3 is 15.0 Å². The van der Waals surface area contributed by atoms with Gasteiger partial charge in [0.15, 0.2) is 6.61 Å². The smallest absolute Gasteiger partial charge is 0.261 e. The summed E-state index contributed by atoms with van der Waals surface area (Å²) in [5.74, 6) is -0.460. The topological polar surface area (TPSA) is 58.6 Å². The maximum atomic E-state index is 13.2. The number of carbonyl (C=O) groups is 2. The summed E-state index contributed by atoms with van der Waals surface area (Å²) in [6, 6.07) is 10.2. The molecule has 7 heteroatoms.